The zero-order valence-corrected chi connectivity index (χ0v) is 18.8. The van der Waals surface area contributed by atoms with Gasteiger partial charge in [0.05, 0.1) is 20.1 Å². The Labute approximate surface area is 180 Å². The fourth-order valence-electron chi connectivity index (χ4n) is 2.61. The molecule has 1 aliphatic rings. The summed E-state index contributed by atoms with van der Waals surface area (Å²) in [6, 6.07) is 0. The van der Waals surface area contributed by atoms with Crippen LogP contribution in [0.25, 0.3) is 0 Å². The average molecular weight is 447 g/mol. The molecule has 2 atom stereocenters. The van der Waals surface area contributed by atoms with Crippen LogP contribution < -0.4 is 10.6 Å². The van der Waals surface area contributed by atoms with E-state index in [2.05, 4.69) is 15.4 Å². The molecular formula is C19H30N2O8S. The Morgan fingerprint density at radius 3 is 2.37 bits per heavy atom. The molecule has 0 aromatic heterocycles. The van der Waals surface area contributed by atoms with Crippen molar-refractivity contribution in [2.75, 3.05) is 32.6 Å². The molecule has 0 saturated carbocycles. The van der Waals surface area contributed by atoms with Crippen LogP contribution in [0, 0.1) is 5.41 Å². The molecule has 1 heterocycles. The van der Waals surface area contributed by atoms with Crippen LogP contribution in [-0.2, 0) is 38.2 Å². The molecule has 0 aromatic carbocycles. The second-order valence-corrected chi connectivity index (χ2v) is 8.85. The summed E-state index contributed by atoms with van der Waals surface area (Å²) in [7, 11) is 1.20. The number of Topliss-reactive ketones (excluding diaryl/α,β-unsaturated/α-hetero) is 1. The van der Waals surface area contributed by atoms with Crippen LogP contribution in [0.1, 0.15) is 40.5 Å². The van der Waals surface area contributed by atoms with E-state index in [9.17, 15) is 24.0 Å². The molecule has 2 amide bonds. The van der Waals surface area contributed by atoms with E-state index in [1.807, 2.05) is 0 Å². The number of carbonyl (C=O) groups is 5. The normalized spacial score (nSPS) is 22.6. The minimum atomic E-state index is -1.68. The largest absolute Gasteiger partial charge is 0.465 e. The third-order valence-electron chi connectivity index (χ3n) is 4.30. The first-order valence-electron chi connectivity index (χ1n) is 9.51. The number of nitrogens with one attached hydrogen (secondary N) is 2. The lowest BCUT2D eigenvalue weighted by atomic mass is 9.85. The van der Waals surface area contributed by atoms with Gasteiger partial charge in [0.15, 0.2) is 5.12 Å². The number of carbonyl (C=O) groups excluding carboxylic acids is 5. The number of amides is 2. The van der Waals surface area contributed by atoms with Crippen LogP contribution in [0.5, 0.6) is 0 Å². The fourth-order valence-corrected chi connectivity index (χ4v) is 3.35. The van der Waals surface area contributed by atoms with E-state index in [0.717, 1.165) is 11.8 Å². The number of rotatable bonds is 10. The molecule has 1 unspecified atom stereocenters. The van der Waals surface area contributed by atoms with E-state index >= 15 is 0 Å². The first-order valence-corrected chi connectivity index (χ1v) is 10.5. The summed E-state index contributed by atoms with van der Waals surface area (Å²) in [5, 5.41) is 5.04. The van der Waals surface area contributed by atoms with Gasteiger partial charge in [0.1, 0.15) is 11.9 Å². The Hall–Kier alpha value is -1.98. The highest BCUT2D eigenvalue weighted by atomic mass is 32.2. The van der Waals surface area contributed by atoms with Gasteiger partial charge in [-0.05, 0) is 6.92 Å². The van der Waals surface area contributed by atoms with Crippen molar-refractivity contribution < 1.29 is 38.2 Å². The van der Waals surface area contributed by atoms with Gasteiger partial charge >= 0.3 is 5.97 Å². The predicted molar refractivity (Wildman–Crippen MR) is 108 cm³/mol. The molecule has 0 bridgehead atoms. The molecule has 11 heteroatoms. The Morgan fingerprint density at radius 2 is 1.77 bits per heavy atom. The van der Waals surface area contributed by atoms with E-state index in [1.54, 1.807) is 13.8 Å². The molecule has 0 radical (unpaired) electrons. The molecule has 170 valence electrons. The predicted octanol–water partition coefficient (Wildman–Crippen LogP) is 0.179. The Morgan fingerprint density at radius 1 is 1.10 bits per heavy atom. The summed E-state index contributed by atoms with van der Waals surface area (Å²) in [6.45, 7) is 6.73. The SMILES string of the molecule is COC(=O)C1(C)OCC(C)(C)[C@H](C(=O)NCCC(=O)NCCSC(=O)CC(C)=O)O1. The van der Waals surface area contributed by atoms with Crippen molar-refractivity contribution in [1.82, 2.24) is 10.6 Å². The lowest BCUT2D eigenvalue weighted by molar-refractivity contribution is -0.305. The maximum atomic E-state index is 12.6. The number of ether oxygens (including phenoxy) is 3. The number of methoxy groups -OCH3 is 1. The van der Waals surface area contributed by atoms with Crippen molar-refractivity contribution in [1.29, 1.82) is 0 Å². The number of thioether (sulfide) groups is 1. The maximum Gasteiger partial charge on any atom is 0.366 e. The highest BCUT2D eigenvalue weighted by Crippen LogP contribution is 2.35. The molecule has 1 saturated heterocycles. The number of hydrogen-bond donors (Lipinski definition) is 2. The van der Waals surface area contributed by atoms with Gasteiger partial charge in [-0.3, -0.25) is 19.2 Å². The maximum absolute atomic E-state index is 12.6. The molecular weight excluding hydrogens is 416 g/mol. The lowest BCUT2D eigenvalue weighted by Gasteiger charge is -2.44. The van der Waals surface area contributed by atoms with Crippen LogP contribution >= 0.6 is 11.8 Å². The first-order chi connectivity index (χ1) is 13.9. The molecule has 30 heavy (non-hydrogen) atoms. The van der Waals surface area contributed by atoms with E-state index in [-0.39, 0.29) is 49.3 Å². The van der Waals surface area contributed by atoms with Gasteiger partial charge in [-0.15, -0.1) is 0 Å². The highest BCUT2D eigenvalue weighted by molar-refractivity contribution is 8.13. The summed E-state index contributed by atoms with van der Waals surface area (Å²) in [4.78, 5) is 58.5. The monoisotopic (exact) mass is 446 g/mol. The van der Waals surface area contributed by atoms with Gasteiger partial charge in [0.2, 0.25) is 11.8 Å². The van der Waals surface area contributed by atoms with Gasteiger partial charge in [0, 0.05) is 37.6 Å². The lowest BCUT2D eigenvalue weighted by Crippen LogP contribution is -2.60. The van der Waals surface area contributed by atoms with Crippen LogP contribution in [0.3, 0.4) is 0 Å². The van der Waals surface area contributed by atoms with Crippen LogP contribution in [0.15, 0.2) is 0 Å². The Kier molecular flexibility index (Phi) is 9.92. The standard InChI is InChI=1S/C19H30N2O8S/c1-12(22)10-14(24)30-9-8-20-13(23)6-7-21-16(25)15-18(2,3)11-28-19(4,29-15)17(26)27-5/h15H,6-11H2,1-5H3,(H,20,23)(H,21,25)/t15-,19?/m0/s1. The van der Waals surface area contributed by atoms with Gasteiger partial charge in [-0.25, -0.2) is 4.79 Å². The van der Waals surface area contributed by atoms with E-state index in [0.29, 0.717) is 5.75 Å². The van der Waals surface area contributed by atoms with E-state index in [4.69, 9.17) is 9.47 Å². The summed E-state index contributed by atoms with van der Waals surface area (Å²) < 4.78 is 15.8. The van der Waals surface area contributed by atoms with Gasteiger partial charge in [0.25, 0.3) is 5.79 Å². The van der Waals surface area contributed by atoms with Crippen molar-refractivity contribution >= 4 is 40.4 Å². The van der Waals surface area contributed by atoms with Crippen molar-refractivity contribution in [3.8, 4) is 0 Å². The molecule has 1 rings (SSSR count). The minimum absolute atomic E-state index is 0.0374. The van der Waals surface area contributed by atoms with Gasteiger partial charge < -0.3 is 24.8 Å². The molecule has 1 aliphatic heterocycles. The molecule has 0 spiro atoms. The minimum Gasteiger partial charge on any atom is -0.465 e. The first kappa shape index (κ1) is 26.1. The summed E-state index contributed by atoms with van der Waals surface area (Å²) in [5.41, 5.74) is -0.691. The number of ketones is 1. The highest BCUT2D eigenvalue weighted by Gasteiger charge is 2.51. The van der Waals surface area contributed by atoms with E-state index < -0.39 is 29.2 Å². The van der Waals surface area contributed by atoms with Crippen LogP contribution in [0.2, 0.25) is 0 Å². The van der Waals surface area contributed by atoms with Crippen LogP contribution in [0.4, 0.5) is 0 Å². The van der Waals surface area contributed by atoms with Crippen molar-refractivity contribution in [2.45, 2.75) is 52.4 Å². The van der Waals surface area contributed by atoms with E-state index in [1.165, 1.54) is 21.0 Å². The second kappa shape index (κ2) is 11.4. The number of hydrogen-bond acceptors (Lipinski definition) is 9. The molecule has 10 nitrogen and oxygen atoms in total. The van der Waals surface area contributed by atoms with Crippen LogP contribution in [-0.4, -0.2) is 73.1 Å². The molecule has 2 N–H and O–H groups in total. The number of esters is 1. The van der Waals surface area contributed by atoms with Crippen molar-refractivity contribution in [2.24, 2.45) is 5.41 Å². The second-order valence-electron chi connectivity index (χ2n) is 7.70. The Bertz CT molecular complexity index is 681. The molecule has 1 fully saturated rings. The van der Waals surface area contributed by atoms with Crippen molar-refractivity contribution in [3.63, 3.8) is 0 Å². The zero-order valence-electron chi connectivity index (χ0n) is 18.0. The quantitative estimate of drug-likeness (QED) is 0.273. The smallest absolute Gasteiger partial charge is 0.366 e. The fraction of sp³-hybridized carbons (Fsp3) is 0.737. The molecule has 0 aliphatic carbocycles. The average Bonchev–Trinajstić information content (AvgIpc) is 2.66. The van der Waals surface area contributed by atoms with Gasteiger partial charge in [-0.2, -0.15) is 0 Å². The molecule has 0 aromatic rings. The Balaban J connectivity index is 2.40. The topological polar surface area (TPSA) is 137 Å². The van der Waals surface area contributed by atoms with Gasteiger partial charge in [-0.1, -0.05) is 25.6 Å². The summed E-state index contributed by atoms with van der Waals surface area (Å²) >= 11 is 0.988. The van der Waals surface area contributed by atoms with Crippen molar-refractivity contribution in [3.05, 3.63) is 0 Å². The summed E-state index contributed by atoms with van der Waals surface area (Å²) in [6.07, 6.45) is -1.05. The zero-order chi connectivity index (χ0) is 22.9. The third-order valence-corrected chi connectivity index (χ3v) is 5.17. The summed E-state index contributed by atoms with van der Waals surface area (Å²) in [5.74, 6) is -3.01. The third kappa shape index (κ3) is 8.04.